The van der Waals surface area contributed by atoms with E-state index < -0.39 is 6.10 Å². The zero-order chi connectivity index (χ0) is 12.3. The Labute approximate surface area is 101 Å². The van der Waals surface area contributed by atoms with Gasteiger partial charge in [0.05, 0.1) is 11.8 Å². The van der Waals surface area contributed by atoms with Crippen molar-refractivity contribution in [1.29, 1.82) is 0 Å². The van der Waals surface area contributed by atoms with Crippen molar-refractivity contribution in [3.05, 3.63) is 29.6 Å². The first-order valence-corrected chi connectivity index (χ1v) is 6.15. The van der Waals surface area contributed by atoms with Crippen molar-refractivity contribution < 1.29 is 9.50 Å². The van der Waals surface area contributed by atoms with Gasteiger partial charge in [-0.15, -0.1) is 0 Å². The van der Waals surface area contributed by atoms with Crippen molar-refractivity contribution in [3.63, 3.8) is 0 Å². The molecule has 1 aliphatic heterocycles. The lowest BCUT2D eigenvalue weighted by Gasteiger charge is -2.29. The maximum absolute atomic E-state index is 13.9. The van der Waals surface area contributed by atoms with Gasteiger partial charge in [-0.3, -0.25) is 0 Å². The van der Waals surface area contributed by atoms with Crippen LogP contribution in [0.3, 0.4) is 0 Å². The van der Waals surface area contributed by atoms with Gasteiger partial charge in [-0.05, 0) is 37.0 Å². The van der Waals surface area contributed by atoms with Crippen LogP contribution in [0.2, 0.25) is 0 Å². The van der Waals surface area contributed by atoms with Crippen molar-refractivity contribution in [2.45, 2.75) is 25.4 Å². The lowest BCUT2D eigenvalue weighted by molar-refractivity contribution is 0.186. The molecule has 17 heavy (non-hydrogen) atoms. The molecule has 1 aromatic rings. The van der Waals surface area contributed by atoms with Crippen LogP contribution in [0, 0.1) is 5.82 Å². The predicted molar refractivity (Wildman–Crippen MR) is 66.5 cm³/mol. The number of halogens is 1. The van der Waals surface area contributed by atoms with Crippen LogP contribution in [-0.2, 0) is 0 Å². The van der Waals surface area contributed by atoms with Crippen molar-refractivity contribution >= 4 is 5.69 Å². The molecule has 0 aromatic heterocycles. The number of piperidine rings is 1. The number of nitrogens with zero attached hydrogens (tertiary/aromatic N) is 1. The Kier molecular flexibility index (Phi) is 3.97. The van der Waals surface area contributed by atoms with Crippen LogP contribution in [0.4, 0.5) is 10.1 Å². The van der Waals surface area contributed by atoms with Gasteiger partial charge in [0.1, 0.15) is 5.82 Å². The zero-order valence-electron chi connectivity index (χ0n) is 9.90. The lowest BCUT2D eigenvalue weighted by atomic mass is 10.1. The highest BCUT2D eigenvalue weighted by Crippen LogP contribution is 2.25. The Hall–Kier alpha value is -1.13. The van der Waals surface area contributed by atoms with E-state index in [4.69, 9.17) is 5.73 Å². The minimum absolute atomic E-state index is 0.114. The Morgan fingerprint density at radius 2 is 2.00 bits per heavy atom. The van der Waals surface area contributed by atoms with Gasteiger partial charge in [-0.25, -0.2) is 4.39 Å². The van der Waals surface area contributed by atoms with E-state index in [0.29, 0.717) is 11.3 Å². The molecular formula is C13H19FN2O. The van der Waals surface area contributed by atoms with Crippen LogP contribution in [0.15, 0.2) is 18.2 Å². The van der Waals surface area contributed by atoms with Gasteiger partial charge in [-0.2, -0.15) is 0 Å². The van der Waals surface area contributed by atoms with Crippen molar-refractivity contribution in [3.8, 4) is 0 Å². The van der Waals surface area contributed by atoms with E-state index in [1.54, 1.807) is 12.1 Å². The molecule has 1 heterocycles. The van der Waals surface area contributed by atoms with Gasteiger partial charge in [0.15, 0.2) is 0 Å². The van der Waals surface area contributed by atoms with Gasteiger partial charge in [0, 0.05) is 19.6 Å². The minimum atomic E-state index is -0.778. The summed E-state index contributed by atoms with van der Waals surface area (Å²) in [6.45, 7) is 1.94. The average Bonchev–Trinajstić information content (AvgIpc) is 2.38. The van der Waals surface area contributed by atoms with Crippen LogP contribution >= 0.6 is 0 Å². The fraction of sp³-hybridized carbons (Fsp3) is 0.538. The number of nitrogens with two attached hydrogens (primary N) is 1. The lowest BCUT2D eigenvalue weighted by Crippen LogP contribution is -2.30. The summed E-state index contributed by atoms with van der Waals surface area (Å²) >= 11 is 0. The minimum Gasteiger partial charge on any atom is -0.387 e. The third-order valence-corrected chi connectivity index (χ3v) is 3.28. The first kappa shape index (κ1) is 12.3. The molecule has 0 amide bonds. The highest BCUT2D eigenvalue weighted by atomic mass is 19.1. The number of rotatable bonds is 3. The monoisotopic (exact) mass is 238 g/mol. The summed E-state index contributed by atoms with van der Waals surface area (Å²) in [6, 6.07) is 4.89. The summed E-state index contributed by atoms with van der Waals surface area (Å²) in [5.74, 6) is -0.267. The molecule has 1 saturated heterocycles. The van der Waals surface area contributed by atoms with Crippen LogP contribution in [0.25, 0.3) is 0 Å². The first-order valence-electron chi connectivity index (χ1n) is 6.15. The molecule has 1 fully saturated rings. The van der Waals surface area contributed by atoms with Gasteiger partial charge in [0.2, 0.25) is 0 Å². The predicted octanol–water partition coefficient (Wildman–Crippen LogP) is 1.81. The summed E-state index contributed by atoms with van der Waals surface area (Å²) in [4.78, 5) is 2.07. The molecule has 3 N–H and O–H groups in total. The van der Waals surface area contributed by atoms with Crippen molar-refractivity contribution in [1.82, 2.24) is 0 Å². The summed E-state index contributed by atoms with van der Waals surface area (Å²) in [6.07, 6.45) is 2.68. The van der Waals surface area contributed by atoms with Gasteiger partial charge < -0.3 is 15.7 Å². The Balaban J connectivity index is 2.18. The van der Waals surface area contributed by atoms with Crippen molar-refractivity contribution in [2.75, 3.05) is 24.5 Å². The van der Waals surface area contributed by atoms with E-state index in [0.717, 1.165) is 25.9 Å². The fourth-order valence-corrected chi connectivity index (χ4v) is 2.26. The third-order valence-electron chi connectivity index (χ3n) is 3.28. The van der Waals surface area contributed by atoms with E-state index >= 15 is 0 Å². The molecule has 3 nitrogen and oxygen atoms in total. The van der Waals surface area contributed by atoms with Crippen LogP contribution in [0.1, 0.15) is 30.9 Å². The van der Waals surface area contributed by atoms with E-state index in [2.05, 4.69) is 4.90 Å². The number of anilines is 1. The summed E-state index contributed by atoms with van der Waals surface area (Å²) < 4.78 is 13.9. The molecule has 94 valence electrons. The van der Waals surface area contributed by atoms with Crippen LogP contribution in [-0.4, -0.2) is 24.7 Å². The third kappa shape index (κ3) is 2.76. The molecule has 4 heteroatoms. The summed E-state index contributed by atoms with van der Waals surface area (Å²) in [7, 11) is 0. The summed E-state index contributed by atoms with van der Waals surface area (Å²) in [5, 5.41) is 9.55. The Morgan fingerprint density at radius 1 is 1.29 bits per heavy atom. The highest BCUT2D eigenvalue weighted by molar-refractivity contribution is 5.49. The van der Waals surface area contributed by atoms with E-state index in [-0.39, 0.29) is 12.4 Å². The molecule has 1 unspecified atom stereocenters. The summed E-state index contributed by atoms with van der Waals surface area (Å²) in [5.41, 5.74) is 6.54. The standard InChI is InChI=1S/C13H19FN2O/c14-11-8-10(13(17)9-15)4-5-12(11)16-6-2-1-3-7-16/h4-5,8,13,17H,1-3,6-7,9,15H2. The van der Waals surface area contributed by atoms with Gasteiger partial charge in [0.25, 0.3) is 0 Å². The molecule has 0 bridgehead atoms. The molecule has 1 atom stereocenters. The van der Waals surface area contributed by atoms with Crippen molar-refractivity contribution in [2.24, 2.45) is 5.73 Å². The Bertz CT molecular complexity index is 378. The number of aliphatic hydroxyl groups is 1. The first-order chi connectivity index (χ1) is 8.22. The second kappa shape index (κ2) is 5.47. The number of hydrogen-bond donors (Lipinski definition) is 2. The number of hydrogen-bond acceptors (Lipinski definition) is 3. The second-order valence-electron chi connectivity index (χ2n) is 4.51. The number of aliphatic hydroxyl groups excluding tert-OH is 1. The fourth-order valence-electron chi connectivity index (χ4n) is 2.26. The maximum atomic E-state index is 13.9. The largest absolute Gasteiger partial charge is 0.387 e. The molecule has 1 aromatic carbocycles. The van der Waals surface area contributed by atoms with Crippen LogP contribution in [0.5, 0.6) is 0 Å². The average molecular weight is 238 g/mol. The quantitative estimate of drug-likeness (QED) is 0.844. The molecule has 0 aliphatic carbocycles. The molecule has 2 rings (SSSR count). The van der Waals surface area contributed by atoms with Crippen LogP contribution < -0.4 is 10.6 Å². The highest BCUT2D eigenvalue weighted by Gasteiger charge is 2.16. The number of benzene rings is 1. The van der Waals surface area contributed by atoms with E-state index in [9.17, 15) is 9.50 Å². The molecule has 0 saturated carbocycles. The Morgan fingerprint density at radius 3 is 2.59 bits per heavy atom. The molecule has 0 radical (unpaired) electrons. The second-order valence-corrected chi connectivity index (χ2v) is 4.51. The molecule has 1 aliphatic rings. The molecular weight excluding hydrogens is 219 g/mol. The smallest absolute Gasteiger partial charge is 0.146 e. The molecule has 0 spiro atoms. The maximum Gasteiger partial charge on any atom is 0.146 e. The van der Waals surface area contributed by atoms with E-state index in [1.165, 1.54) is 12.5 Å². The van der Waals surface area contributed by atoms with Gasteiger partial charge >= 0.3 is 0 Å². The zero-order valence-corrected chi connectivity index (χ0v) is 9.90. The SMILES string of the molecule is NCC(O)c1ccc(N2CCCCC2)c(F)c1. The normalized spacial score (nSPS) is 18.2. The van der Waals surface area contributed by atoms with Gasteiger partial charge in [-0.1, -0.05) is 6.07 Å². The topological polar surface area (TPSA) is 49.5 Å². The van der Waals surface area contributed by atoms with E-state index in [1.807, 2.05) is 0 Å².